The van der Waals surface area contributed by atoms with E-state index in [1.165, 1.54) is 0 Å². The average molecular weight is 293 g/mol. The zero-order chi connectivity index (χ0) is 15.2. The minimum atomic E-state index is 0.0136. The lowest BCUT2D eigenvalue weighted by Crippen LogP contribution is -2.42. The van der Waals surface area contributed by atoms with Gasteiger partial charge in [-0.15, -0.1) is 0 Å². The number of hydrogen-bond acceptors (Lipinski definition) is 5. The Morgan fingerprint density at radius 2 is 2.24 bits per heavy atom. The molecule has 21 heavy (non-hydrogen) atoms. The second kappa shape index (κ2) is 7.28. The summed E-state index contributed by atoms with van der Waals surface area (Å²) in [6.45, 7) is 5.45. The molecule has 0 radical (unpaired) electrons. The van der Waals surface area contributed by atoms with Crippen LogP contribution in [0.4, 0.5) is 0 Å². The normalized spacial score (nSPS) is 19.2. The molecule has 1 saturated heterocycles. The number of hydrogen-bond donors (Lipinski definition) is 2. The molecule has 2 rings (SSSR count). The zero-order valence-corrected chi connectivity index (χ0v) is 12.6. The first-order chi connectivity index (χ1) is 10.1. The van der Waals surface area contributed by atoms with E-state index in [0.29, 0.717) is 30.3 Å². The fourth-order valence-corrected chi connectivity index (χ4v) is 2.21. The molecule has 116 valence electrons. The van der Waals surface area contributed by atoms with Gasteiger partial charge >= 0.3 is 0 Å². The van der Waals surface area contributed by atoms with E-state index in [2.05, 4.69) is 11.9 Å². The maximum absolute atomic E-state index is 7.48. The van der Waals surface area contributed by atoms with Crippen molar-refractivity contribution >= 4 is 5.84 Å². The summed E-state index contributed by atoms with van der Waals surface area (Å²) in [5.74, 6) is 1.27. The number of nitrogens with zero attached hydrogens (tertiary/aromatic N) is 1. The lowest BCUT2D eigenvalue weighted by atomic mass is 10.2. The Balaban J connectivity index is 2.02. The van der Waals surface area contributed by atoms with Crippen LogP contribution < -0.4 is 15.2 Å². The monoisotopic (exact) mass is 293 g/mol. The maximum Gasteiger partial charge on any atom is 0.161 e. The number of morpholine rings is 1. The second-order valence-electron chi connectivity index (χ2n) is 5.07. The average Bonchev–Trinajstić information content (AvgIpc) is 2.46. The van der Waals surface area contributed by atoms with Crippen LogP contribution >= 0.6 is 0 Å². The van der Waals surface area contributed by atoms with E-state index in [1.54, 1.807) is 18.2 Å². The molecular weight excluding hydrogens is 270 g/mol. The first-order valence-corrected chi connectivity index (χ1v) is 7.14. The minimum Gasteiger partial charge on any atom is -0.490 e. The Labute approximate surface area is 125 Å². The van der Waals surface area contributed by atoms with Gasteiger partial charge in [-0.2, -0.15) is 0 Å². The van der Waals surface area contributed by atoms with Gasteiger partial charge in [-0.25, -0.2) is 0 Å². The Kier molecular flexibility index (Phi) is 5.41. The summed E-state index contributed by atoms with van der Waals surface area (Å²) < 4.78 is 17.1. The molecule has 0 aromatic heterocycles. The van der Waals surface area contributed by atoms with E-state index in [1.807, 2.05) is 6.92 Å². The van der Waals surface area contributed by atoms with Gasteiger partial charge < -0.3 is 24.8 Å². The summed E-state index contributed by atoms with van der Waals surface area (Å²) in [7, 11) is 2.07. The fraction of sp³-hybridized carbons (Fsp3) is 0.533. The van der Waals surface area contributed by atoms with Crippen molar-refractivity contribution in [2.75, 3.05) is 40.0 Å². The van der Waals surface area contributed by atoms with E-state index >= 15 is 0 Å². The van der Waals surface area contributed by atoms with Crippen molar-refractivity contribution < 1.29 is 14.2 Å². The van der Waals surface area contributed by atoms with Gasteiger partial charge in [-0.1, -0.05) is 0 Å². The van der Waals surface area contributed by atoms with Gasteiger partial charge in [0.1, 0.15) is 18.5 Å². The van der Waals surface area contributed by atoms with E-state index in [-0.39, 0.29) is 11.9 Å². The molecule has 0 aliphatic carbocycles. The first kappa shape index (κ1) is 15.6. The Hall–Kier alpha value is -1.79. The highest BCUT2D eigenvalue weighted by atomic mass is 16.5. The van der Waals surface area contributed by atoms with Gasteiger partial charge in [0.15, 0.2) is 11.5 Å². The summed E-state index contributed by atoms with van der Waals surface area (Å²) in [6.07, 6.45) is 0.0608. The number of likely N-dealkylation sites (N-methyl/N-ethyl adjacent to an activating group) is 1. The highest BCUT2D eigenvalue weighted by molar-refractivity contribution is 5.95. The van der Waals surface area contributed by atoms with Crippen LogP contribution in [0.1, 0.15) is 12.5 Å². The van der Waals surface area contributed by atoms with Crippen LogP contribution in [0.15, 0.2) is 18.2 Å². The molecule has 1 heterocycles. The number of ether oxygens (including phenoxy) is 3. The van der Waals surface area contributed by atoms with Crippen molar-refractivity contribution in [2.24, 2.45) is 5.73 Å². The van der Waals surface area contributed by atoms with Crippen molar-refractivity contribution in [3.8, 4) is 11.5 Å². The van der Waals surface area contributed by atoms with Crippen LogP contribution in [-0.2, 0) is 4.74 Å². The molecular formula is C15H23N3O3. The minimum absolute atomic E-state index is 0.0136. The van der Waals surface area contributed by atoms with Crippen LogP contribution in [0.5, 0.6) is 11.5 Å². The SMILES string of the molecule is CCOc1cc(C(=N)N)ccc1OCC1CN(C)CCO1. The van der Waals surface area contributed by atoms with Crippen molar-refractivity contribution in [2.45, 2.75) is 13.0 Å². The van der Waals surface area contributed by atoms with Gasteiger partial charge in [0.25, 0.3) is 0 Å². The van der Waals surface area contributed by atoms with Crippen LogP contribution in [0.2, 0.25) is 0 Å². The predicted molar refractivity (Wildman–Crippen MR) is 81.4 cm³/mol. The lowest BCUT2D eigenvalue weighted by molar-refractivity contribution is -0.0406. The third-order valence-corrected chi connectivity index (χ3v) is 3.32. The lowest BCUT2D eigenvalue weighted by Gasteiger charge is -2.30. The van der Waals surface area contributed by atoms with Crippen molar-refractivity contribution in [1.82, 2.24) is 4.90 Å². The molecule has 1 unspecified atom stereocenters. The smallest absolute Gasteiger partial charge is 0.161 e. The molecule has 1 atom stereocenters. The molecule has 0 spiro atoms. The van der Waals surface area contributed by atoms with Gasteiger partial charge in [-0.05, 0) is 32.2 Å². The zero-order valence-electron chi connectivity index (χ0n) is 12.6. The molecule has 3 N–H and O–H groups in total. The highest BCUT2D eigenvalue weighted by Gasteiger charge is 2.19. The second-order valence-corrected chi connectivity index (χ2v) is 5.07. The standard InChI is InChI=1S/C15H23N3O3/c1-3-19-14-8-11(15(16)17)4-5-13(14)21-10-12-9-18(2)6-7-20-12/h4-5,8,12H,3,6-7,9-10H2,1-2H3,(H3,16,17). The van der Waals surface area contributed by atoms with Crippen LogP contribution in [0.3, 0.4) is 0 Å². The molecule has 1 aromatic carbocycles. The van der Waals surface area contributed by atoms with Crippen molar-refractivity contribution in [3.63, 3.8) is 0 Å². The van der Waals surface area contributed by atoms with Crippen LogP contribution in [0.25, 0.3) is 0 Å². The molecule has 0 bridgehead atoms. The van der Waals surface area contributed by atoms with E-state index in [0.717, 1.165) is 19.7 Å². The molecule has 1 aliphatic rings. The summed E-state index contributed by atoms with van der Waals surface area (Å²) in [5.41, 5.74) is 6.12. The molecule has 6 nitrogen and oxygen atoms in total. The van der Waals surface area contributed by atoms with E-state index in [9.17, 15) is 0 Å². The van der Waals surface area contributed by atoms with Crippen LogP contribution in [-0.4, -0.2) is 56.8 Å². The molecule has 1 aliphatic heterocycles. The fourth-order valence-electron chi connectivity index (χ4n) is 2.21. The molecule has 1 aromatic rings. The molecule has 6 heteroatoms. The van der Waals surface area contributed by atoms with Gasteiger partial charge in [0.2, 0.25) is 0 Å². The summed E-state index contributed by atoms with van der Waals surface area (Å²) in [6, 6.07) is 5.28. The maximum atomic E-state index is 7.48. The quantitative estimate of drug-likeness (QED) is 0.606. The number of nitrogen functional groups attached to an aromatic ring is 1. The van der Waals surface area contributed by atoms with Gasteiger partial charge in [0, 0.05) is 18.7 Å². The molecule has 0 amide bonds. The first-order valence-electron chi connectivity index (χ1n) is 7.14. The van der Waals surface area contributed by atoms with Crippen molar-refractivity contribution in [3.05, 3.63) is 23.8 Å². The number of amidine groups is 1. The number of benzene rings is 1. The van der Waals surface area contributed by atoms with E-state index in [4.69, 9.17) is 25.4 Å². The number of nitrogens with one attached hydrogen (secondary N) is 1. The molecule has 0 saturated carbocycles. The Bertz CT molecular complexity index is 493. The predicted octanol–water partition coefficient (Wildman–Crippen LogP) is 1.08. The summed E-state index contributed by atoms with van der Waals surface area (Å²) >= 11 is 0. The molecule has 1 fully saturated rings. The summed E-state index contributed by atoms with van der Waals surface area (Å²) in [5, 5.41) is 7.48. The summed E-state index contributed by atoms with van der Waals surface area (Å²) in [4.78, 5) is 2.22. The third kappa shape index (κ3) is 4.34. The van der Waals surface area contributed by atoms with Gasteiger partial charge in [0.05, 0.1) is 13.2 Å². The topological polar surface area (TPSA) is 80.8 Å². The Morgan fingerprint density at radius 3 is 2.90 bits per heavy atom. The number of nitrogens with two attached hydrogens (primary N) is 1. The largest absolute Gasteiger partial charge is 0.490 e. The van der Waals surface area contributed by atoms with E-state index < -0.39 is 0 Å². The van der Waals surface area contributed by atoms with Gasteiger partial charge in [-0.3, -0.25) is 5.41 Å². The van der Waals surface area contributed by atoms with Crippen LogP contribution in [0, 0.1) is 5.41 Å². The third-order valence-electron chi connectivity index (χ3n) is 3.32. The van der Waals surface area contributed by atoms with Crippen molar-refractivity contribution in [1.29, 1.82) is 5.41 Å². The number of rotatable bonds is 6. The highest BCUT2D eigenvalue weighted by Crippen LogP contribution is 2.28. The Morgan fingerprint density at radius 1 is 1.43 bits per heavy atom.